The van der Waals surface area contributed by atoms with E-state index in [1.165, 1.54) is 0 Å². The third-order valence-electron chi connectivity index (χ3n) is 4.50. The predicted molar refractivity (Wildman–Crippen MR) is 101 cm³/mol. The fraction of sp³-hybridized carbons (Fsp3) is 0.381. The molecule has 2 aromatic carbocycles. The number of nitrogens with one attached hydrogen (secondary N) is 1. The van der Waals surface area contributed by atoms with Crippen LogP contribution >= 0.6 is 0 Å². The molecule has 5 nitrogen and oxygen atoms in total. The number of benzene rings is 2. The topological polar surface area (TPSA) is 56.8 Å². The van der Waals surface area contributed by atoms with E-state index in [2.05, 4.69) is 19.2 Å². The number of ether oxygens (including phenoxy) is 3. The number of carbonyl (C=O) groups is 1. The molecule has 2 aromatic rings. The summed E-state index contributed by atoms with van der Waals surface area (Å²) in [5.74, 6) is 2.41. The van der Waals surface area contributed by atoms with E-state index in [1.807, 2.05) is 43.3 Å². The molecule has 1 amide bonds. The molecule has 0 saturated heterocycles. The van der Waals surface area contributed by atoms with Gasteiger partial charge in [-0.3, -0.25) is 4.79 Å². The van der Waals surface area contributed by atoms with Gasteiger partial charge in [0.1, 0.15) is 18.5 Å². The molecule has 1 aliphatic heterocycles. The van der Waals surface area contributed by atoms with Gasteiger partial charge in [-0.25, -0.2) is 0 Å². The van der Waals surface area contributed by atoms with E-state index in [9.17, 15) is 4.79 Å². The Morgan fingerprint density at radius 3 is 2.69 bits per heavy atom. The highest BCUT2D eigenvalue weighted by Crippen LogP contribution is 2.31. The number of hydrogen-bond acceptors (Lipinski definition) is 4. The lowest BCUT2D eigenvalue weighted by molar-refractivity contribution is 0.0789. The highest BCUT2D eigenvalue weighted by atomic mass is 16.6. The minimum atomic E-state index is -0.211. The van der Waals surface area contributed by atoms with E-state index >= 15 is 0 Å². The Morgan fingerprint density at radius 1 is 1.27 bits per heavy atom. The predicted octanol–water partition coefficient (Wildman–Crippen LogP) is 3.70. The molecule has 138 valence electrons. The van der Waals surface area contributed by atoms with E-state index in [4.69, 9.17) is 14.2 Å². The maximum Gasteiger partial charge on any atom is 0.251 e. The van der Waals surface area contributed by atoms with Crippen molar-refractivity contribution in [2.45, 2.75) is 32.8 Å². The Morgan fingerprint density at radius 2 is 2.00 bits per heavy atom. The summed E-state index contributed by atoms with van der Waals surface area (Å²) in [6, 6.07) is 11.4. The first-order chi connectivity index (χ1) is 12.5. The molecule has 26 heavy (non-hydrogen) atoms. The number of fused-ring (bicyclic) bond motifs is 1. The largest absolute Gasteiger partial charge is 0.496 e. The Bertz CT molecular complexity index is 801. The first-order valence-electron chi connectivity index (χ1n) is 8.84. The summed E-state index contributed by atoms with van der Waals surface area (Å²) < 4.78 is 17.0. The Kier molecular flexibility index (Phi) is 5.35. The first-order valence-corrected chi connectivity index (χ1v) is 8.84. The van der Waals surface area contributed by atoms with Crippen molar-refractivity contribution in [3.8, 4) is 17.2 Å². The quantitative estimate of drug-likeness (QED) is 0.889. The number of para-hydroxylation sites is 2. The van der Waals surface area contributed by atoms with Gasteiger partial charge in [0.2, 0.25) is 0 Å². The Labute approximate surface area is 154 Å². The van der Waals surface area contributed by atoms with E-state index in [0.29, 0.717) is 24.5 Å². The summed E-state index contributed by atoms with van der Waals surface area (Å²) in [6.07, 6.45) is -0.211. The summed E-state index contributed by atoms with van der Waals surface area (Å²) >= 11 is 0. The highest BCUT2D eigenvalue weighted by Gasteiger charge is 2.22. The van der Waals surface area contributed by atoms with Gasteiger partial charge >= 0.3 is 0 Å². The minimum Gasteiger partial charge on any atom is -0.496 e. The number of hydrogen-bond donors (Lipinski definition) is 1. The van der Waals surface area contributed by atoms with Gasteiger partial charge in [-0.1, -0.05) is 26.0 Å². The van der Waals surface area contributed by atoms with Crippen LogP contribution in [0.25, 0.3) is 0 Å². The number of carbonyl (C=O) groups excluding carboxylic acids is 1. The van der Waals surface area contributed by atoms with Crippen LogP contribution in [-0.4, -0.2) is 32.3 Å². The van der Waals surface area contributed by atoms with Gasteiger partial charge < -0.3 is 19.5 Å². The average molecular weight is 355 g/mol. The molecular weight excluding hydrogens is 330 g/mol. The lowest BCUT2D eigenvalue weighted by atomic mass is 9.96. The second kappa shape index (κ2) is 7.68. The summed E-state index contributed by atoms with van der Waals surface area (Å²) in [5, 5.41) is 2.96. The van der Waals surface area contributed by atoms with Gasteiger partial charge in [0, 0.05) is 5.56 Å². The number of amides is 1. The molecule has 0 aromatic heterocycles. The average Bonchev–Trinajstić information content (AvgIpc) is 2.65. The van der Waals surface area contributed by atoms with Crippen molar-refractivity contribution in [2.24, 2.45) is 0 Å². The molecule has 1 atom stereocenters. The molecule has 1 aliphatic rings. The van der Waals surface area contributed by atoms with Crippen LogP contribution in [0.1, 0.15) is 41.3 Å². The fourth-order valence-corrected chi connectivity index (χ4v) is 3.04. The van der Waals surface area contributed by atoms with E-state index in [-0.39, 0.29) is 17.9 Å². The second-order valence-corrected chi connectivity index (χ2v) is 6.77. The van der Waals surface area contributed by atoms with E-state index < -0.39 is 0 Å². The molecule has 0 spiro atoms. The van der Waals surface area contributed by atoms with Crippen LogP contribution in [0.5, 0.6) is 17.2 Å². The number of aryl methyl sites for hydroxylation is 1. The van der Waals surface area contributed by atoms with Gasteiger partial charge in [0.15, 0.2) is 11.5 Å². The van der Waals surface area contributed by atoms with Crippen LogP contribution in [0, 0.1) is 6.92 Å². The molecule has 0 bridgehead atoms. The zero-order valence-corrected chi connectivity index (χ0v) is 15.7. The smallest absolute Gasteiger partial charge is 0.251 e. The maximum absolute atomic E-state index is 12.7. The molecule has 1 N–H and O–H groups in total. The van der Waals surface area contributed by atoms with Gasteiger partial charge in [-0.05, 0) is 48.2 Å². The number of methoxy groups -OCH3 is 1. The normalized spacial score (nSPS) is 15.7. The van der Waals surface area contributed by atoms with E-state index in [1.54, 1.807) is 7.11 Å². The van der Waals surface area contributed by atoms with Crippen LogP contribution in [0.2, 0.25) is 0 Å². The highest BCUT2D eigenvalue weighted by molar-refractivity contribution is 5.96. The monoisotopic (exact) mass is 355 g/mol. The lowest BCUT2D eigenvalue weighted by Gasteiger charge is -2.26. The van der Waals surface area contributed by atoms with Gasteiger partial charge in [-0.2, -0.15) is 0 Å². The Hall–Kier alpha value is -2.69. The number of rotatable bonds is 5. The van der Waals surface area contributed by atoms with E-state index in [0.717, 1.165) is 22.6 Å². The second-order valence-electron chi connectivity index (χ2n) is 6.77. The van der Waals surface area contributed by atoms with Gasteiger partial charge in [-0.15, -0.1) is 0 Å². The summed E-state index contributed by atoms with van der Waals surface area (Å²) in [6.45, 7) is 6.88. The van der Waals surface area contributed by atoms with Gasteiger partial charge in [0.05, 0.1) is 13.7 Å². The van der Waals surface area contributed by atoms with Crippen molar-refractivity contribution >= 4 is 5.91 Å². The van der Waals surface area contributed by atoms with Crippen molar-refractivity contribution in [3.63, 3.8) is 0 Å². The van der Waals surface area contributed by atoms with Crippen molar-refractivity contribution in [1.82, 2.24) is 5.32 Å². The summed E-state index contributed by atoms with van der Waals surface area (Å²) in [4.78, 5) is 12.7. The summed E-state index contributed by atoms with van der Waals surface area (Å²) in [7, 11) is 1.65. The first kappa shape index (κ1) is 18.1. The fourth-order valence-electron chi connectivity index (χ4n) is 3.04. The minimum absolute atomic E-state index is 0.116. The van der Waals surface area contributed by atoms with Crippen LogP contribution in [0.15, 0.2) is 36.4 Å². The van der Waals surface area contributed by atoms with Crippen molar-refractivity contribution < 1.29 is 19.0 Å². The molecule has 3 rings (SSSR count). The standard InChI is InChI=1S/C21H25NO4/c1-13(2)16-10-17(14(3)9-20(16)24-4)21(23)22-11-15-12-25-18-7-5-6-8-19(18)26-15/h5-10,13,15H,11-12H2,1-4H3,(H,22,23)/t15-/m0/s1. The van der Waals surface area contributed by atoms with Crippen LogP contribution in [-0.2, 0) is 0 Å². The molecular formula is C21H25NO4. The third kappa shape index (κ3) is 3.77. The van der Waals surface area contributed by atoms with Crippen LogP contribution in [0.4, 0.5) is 0 Å². The van der Waals surface area contributed by atoms with Crippen LogP contribution < -0.4 is 19.5 Å². The summed E-state index contributed by atoms with van der Waals surface area (Å²) in [5.41, 5.74) is 2.57. The maximum atomic E-state index is 12.7. The van der Waals surface area contributed by atoms with Crippen molar-refractivity contribution in [2.75, 3.05) is 20.3 Å². The molecule has 0 unspecified atom stereocenters. The van der Waals surface area contributed by atoms with Crippen molar-refractivity contribution in [3.05, 3.63) is 53.1 Å². The van der Waals surface area contributed by atoms with Gasteiger partial charge in [0.25, 0.3) is 5.91 Å². The molecule has 0 radical (unpaired) electrons. The molecule has 1 heterocycles. The molecule has 0 aliphatic carbocycles. The Balaban J connectivity index is 1.68. The van der Waals surface area contributed by atoms with Crippen LogP contribution in [0.3, 0.4) is 0 Å². The molecule has 5 heteroatoms. The zero-order chi connectivity index (χ0) is 18.7. The van der Waals surface area contributed by atoms with Crippen molar-refractivity contribution in [1.29, 1.82) is 0 Å². The lowest BCUT2D eigenvalue weighted by Crippen LogP contribution is -2.40. The molecule has 0 fully saturated rings. The molecule has 0 saturated carbocycles. The third-order valence-corrected chi connectivity index (χ3v) is 4.50. The SMILES string of the molecule is COc1cc(C)c(C(=O)NC[C@H]2COc3ccccc3O2)cc1C(C)C. The zero-order valence-electron chi connectivity index (χ0n) is 15.7.